The smallest absolute Gasteiger partial charge is 0.407 e. The van der Waals surface area contributed by atoms with Crippen LogP contribution in [0, 0.1) is 0 Å². The minimum absolute atomic E-state index is 0.0224. The largest absolute Gasteiger partial charge is 0.481 e. The molecule has 0 saturated carbocycles. The SMILES string of the molecule is O=C(O)CCc1cccc(C(O)C(O)CNC(=O)OCC2c3ccccc3-c3ccccc32)c1. The molecule has 0 bridgehead atoms. The molecule has 0 spiro atoms. The number of aliphatic hydroxyl groups excluding tert-OH is 2. The van der Waals surface area contributed by atoms with Crippen LogP contribution in [0.1, 0.15) is 40.7 Å². The van der Waals surface area contributed by atoms with Gasteiger partial charge in [-0.3, -0.25) is 4.79 Å². The quantitative estimate of drug-likeness (QED) is 0.387. The van der Waals surface area contributed by atoms with Gasteiger partial charge in [0, 0.05) is 18.9 Å². The average Bonchev–Trinajstić information content (AvgIpc) is 3.18. The maximum atomic E-state index is 12.3. The van der Waals surface area contributed by atoms with Gasteiger partial charge in [0.2, 0.25) is 0 Å². The summed E-state index contributed by atoms with van der Waals surface area (Å²) >= 11 is 0. The Labute approximate surface area is 197 Å². The average molecular weight is 462 g/mol. The number of fused-ring (bicyclic) bond motifs is 3. The Morgan fingerprint density at radius 2 is 1.56 bits per heavy atom. The Bertz CT molecular complexity index is 1130. The molecule has 0 aliphatic heterocycles. The lowest BCUT2D eigenvalue weighted by molar-refractivity contribution is -0.136. The predicted octanol–water partition coefficient (Wildman–Crippen LogP) is 3.64. The number of aryl methyl sites for hydroxylation is 1. The molecule has 2 atom stereocenters. The lowest BCUT2D eigenvalue weighted by atomic mass is 9.98. The first kappa shape index (κ1) is 23.5. The Kier molecular flexibility index (Phi) is 7.25. The Morgan fingerprint density at radius 1 is 0.912 bits per heavy atom. The van der Waals surface area contributed by atoms with Crippen molar-refractivity contribution < 1.29 is 29.6 Å². The Morgan fingerprint density at radius 3 is 2.21 bits per heavy atom. The van der Waals surface area contributed by atoms with E-state index in [4.69, 9.17) is 9.84 Å². The van der Waals surface area contributed by atoms with Crippen LogP contribution >= 0.6 is 0 Å². The number of rotatable bonds is 9. The number of hydrogen-bond acceptors (Lipinski definition) is 5. The number of carboxylic acids is 1. The number of aliphatic carboxylic acids is 1. The van der Waals surface area contributed by atoms with Crippen molar-refractivity contribution in [1.29, 1.82) is 0 Å². The molecule has 3 aromatic carbocycles. The number of alkyl carbamates (subject to hydrolysis) is 1. The summed E-state index contributed by atoms with van der Waals surface area (Å²) in [5.41, 5.74) is 5.68. The molecule has 0 fully saturated rings. The normalized spacial score (nSPS) is 14.1. The Balaban J connectivity index is 1.31. The van der Waals surface area contributed by atoms with Gasteiger partial charge in [-0.15, -0.1) is 0 Å². The van der Waals surface area contributed by atoms with E-state index in [2.05, 4.69) is 17.4 Å². The molecule has 4 N–H and O–H groups in total. The summed E-state index contributed by atoms with van der Waals surface area (Å²) in [5.74, 6) is -0.972. The number of hydrogen-bond donors (Lipinski definition) is 4. The number of carbonyl (C=O) groups is 2. The van der Waals surface area contributed by atoms with Gasteiger partial charge < -0.3 is 25.4 Å². The molecule has 0 heterocycles. The zero-order chi connectivity index (χ0) is 24.1. The van der Waals surface area contributed by atoms with Crippen LogP contribution in [0.2, 0.25) is 0 Å². The standard InChI is InChI=1S/C27H27NO6/c29-24(26(32)18-7-5-6-17(14-18)12-13-25(30)31)15-28-27(33)34-16-23-21-10-3-1-8-19(21)20-9-2-4-11-22(20)23/h1-11,14,23-24,26,29,32H,12-13,15-16H2,(H,28,33)(H,30,31). The van der Waals surface area contributed by atoms with E-state index in [0.29, 0.717) is 12.0 Å². The van der Waals surface area contributed by atoms with Gasteiger partial charge in [0.1, 0.15) is 18.8 Å². The van der Waals surface area contributed by atoms with E-state index in [1.54, 1.807) is 24.3 Å². The van der Waals surface area contributed by atoms with Crippen molar-refractivity contribution in [3.05, 3.63) is 95.1 Å². The first-order valence-electron chi connectivity index (χ1n) is 11.2. The van der Waals surface area contributed by atoms with E-state index < -0.39 is 24.3 Å². The second-order valence-electron chi connectivity index (χ2n) is 8.36. The van der Waals surface area contributed by atoms with Crippen LogP contribution in [0.5, 0.6) is 0 Å². The summed E-state index contributed by atoms with van der Waals surface area (Å²) in [6.45, 7) is -0.0404. The summed E-state index contributed by atoms with van der Waals surface area (Å²) in [6, 6.07) is 22.8. The van der Waals surface area contributed by atoms with E-state index in [1.165, 1.54) is 0 Å². The van der Waals surface area contributed by atoms with Crippen molar-refractivity contribution in [2.75, 3.05) is 13.2 Å². The predicted molar refractivity (Wildman–Crippen MR) is 126 cm³/mol. The van der Waals surface area contributed by atoms with Crippen LogP contribution in [0.15, 0.2) is 72.8 Å². The third kappa shape index (κ3) is 5.27. The summed E-state index contributed by atoms with van der Waals surface area (Å²) in [5, 5.41) is 32.2. The van der Waals surface area contributed by atoms with E-state index in [1.807, 2.05) is 36.4 Å². The van der Waals surface area contributed by atoms with Gasteiger partial charge in [-0.05, 0) is 39.8 Å². The molecule has 7 nitrogen and oxygen atoms in total. The number of nitrogens with one attached hydrogen (secondary N) is 1. The third-order valence-corrected chi connectivity index (χ3v) is 6.08. The van der Waals surface area contributed by atoms with Crippen LogP contribution in [0.25, 0.3) is 11.1 Å². The minimum Gasteiger partial charge on any atom is -0.481 e. The zero-order valence-electron chi connectivity index (χ0n) is 18.6. The molecule has 4 rings (SSSR count). The van der Waals surface area contributed by atoms with Gasteiger partial charge in [0.15, 0.2) is 0 Å². The molecular weight excluding hydrogens is 434 g/mol. The molecule has 1 aliphatic rings. The van der Waals surface area contributed by atoms with E-state index in [-0.39, 0.29) is 25.5 Å². The maximum absolute atomic E-state index is 12.3. The molecule has 7 heteroatoms. The van der Waals surface area contributed by atoms with Gasteiger partial charge in [-0.2, -0.15) is 0 Å². The number of aliphatic hydroxyl groups is 2. The first-order chi connectivity index (χ1) is 16.4. The zero-order valence-corrected chi connectivity index (χ0v) is 18.6. The van der Waals surface area contributed by atoms with E-state index >= 15 is 0 Å². The van der Waals surface area contributed by atoms with Crippen molar-refractivity contribution in [2.24, 2.45) is 0 Å². The second-order valence-corrected chi connectivity index (χ2v) is 8.36. The first-order valence-corrected chi connectivity index (χ1v) is 11.2. The van der Waals surface area contributed by atoms with Crippen LogP contribution in [0.3, 0.4) is 0 Å². The summed E-state index contributed by atoms with van der Waals surface area (Å²) in [7, 11) is 0. The highest BCUT2D eigenvalue weighted by Crippen LogP contribution is 2.44. The van der Waals surface area contributed by atoms with Gasteiger partial charge >= 0.3 is 12.1 Å². The number of amides is 1. The molecule has 34 heavy (non-hydrogen) atoms. The highest BCUT2D eigenvalue weighted by Gasteiger charge is 2.29. The Hall–Kier alpha value is -3.68. The minimum atomic E-state index is -1.25. The molecule has 1 amide bonds. The number of benzene rings is 3. The van der Waals surface area contributed by atoms with Crippen LogP contribution in [-0.2, 0) is 16.0 Å². The molecule has 1 aliphatic carbocycles. The number of carbonyl (C=O) groups excluding carboxylic acids is 1. The summed E-state index contributed by atoms with van der Waals surface area (Å²) in [6.07, 6.45) is -2.87. The molecular formula is C27H27NO6. The van der Waals surface area contributed by atoms with Crippen LogP contribution < -0.4 is 5.32 Å². The van der Waals surface area contributed by atoms with Crippen molar-refractivity contribution in [1.82, 2.24) is 5.32 Å². The van der Waals surface area contributed by atoms with Gasteiger partial charge in [0.25, 0.3) is 0 Å². The summed E-state index contributed by atoms with van der Waals surface area (Å²) in [4.78, 5) is 23.1. The topological polar surface area (TPSA) is 116 Å². The van der Waals surface area contributed by atoms with Crippen LogP contribution in [-0.4, -0.2) is 46.6 Å². The molecule has 0 radical (unpaired) electrons. The van der Waals surface area contributed by atoms with Crippen molar-refractivity contribution in [2.45, 2.75) is 31.0 Å². The van der Waals surface area contributed by atoms with Crippen molar-refractivity contribution in [3.8, 4) is 11.1 Å². The monoisotopic (exact) mass is 461 g/mol. The number of carboxylic acid groups (broad SMARTS) is 1. The molecule has 3 aromatic rings. The fourth-order valence-corrected chi connectivity index (χ4v) is 4.35. The molecule has 176 valence electrons. The van der Waals surface area contributed by atoms with Gasteiger partial charge in [-0.25, -0.2) is 4.79 Å². The van der Waals surface area contributed by atoms with Crippen LogP contribution in [0.4, 0.5) is 4.79 Å². The fourth-order valence-electron chi connectivity index (χ4n) is 4.35. The lowest BCUT2D eigenvalue weighted by Gasteiger charge is -2.20. The lowest BCUT2D eigenvalue weighted by Crippen LogP contribution is -2.36. The van der Waals surface area contributed by atoms with Gasteiger partial charge in [0.05, 0.1) is 0 Å². The molecule has 0 saturated heterocycles. The van der Waals surface area contributed by atoms with E-state index in [9.17, 15) is 19.8 Å². The van der Waals surface area contributed by atoms with E-state index in [0.717, 1.165) is 27.8 Å². The second kappa shape index (κ2) is 10.5. The third-order valence-electron chi connectivity index (χ3n) is 6.08. The highest BCUT2D eigenvalue weighted by molar-refractivity contribution is 5.79. The van der Waals surface area contributed by atoms with Crippen molar-refractivity contribution >= 4 is 12.1 Å². The molecule has 2 unspecified atom stereocenters. The van der Waals surface area contributed by atoms with Gasteiger partial charge in [-0.1, -0.05) is 72.8 Å². The highest BCUT2D eigenvalue weighted by atomic mass is 16.5. The van der Waals surface area contributed by atoms with Crippen molar-refractivity contribution in [3.63, 3.8) is 0 Å². The number of ether oxygens (including phenoxy) is 1. The maximum Gasteiger partial charge on any atom is 0.407 e. The summed E-state index contributed by atoms with van der Waals surface area (Å²) < 4.78 is 5.45. The molecule has 0 aromatic heterocycles. The fraction of sp³-hybridized carbons (Fsp3) is 0.259.